The second-order valence-corrected chi connectivity index (χ2v) is 17.9. The molecule has 4 aromatic carbocycles. The number of alkyl halides is 6. The predicted molar refractivity (Wildman–Crippen MR) is 237 cm³/mol. The van der Waals surface area contributed by atoms with Crippen molar-refractivity contribution >= 4 is 46.6 Å². The van der Waals surface area contributed by atoms with Crippen molar-refractivity contribution in [2.75, 3.05) is 72.0 Å². The molecule has 1 aliphatic carbocycles. The molecule has 18 heteroatoms. The molecule has 0 radical (unpaired) electrons. The van der Waals surface area contributed by atoms with Gasteiger partial charge in [0.05, 0.1) is 47.5 Å². The largest absolute Gasteiger partial charge is 0.497 e. The summed E-state index contributed by atoms with van der Waals surface area (Å²) in [5, 5.41) is 3.32. The summed E-state index contributed by atoms with van der Waals surface area (Å²) in [6, 6.07) is 20.9. The molecule has 2 atom stereocenters. The Hall–Kier alpha value is -4.87. The minimum Gasteiger partial charge on any atom is -0.497 e. The first-order chi connectivity index (χ1) is 31.3. The Morgan fingerprint density at radius 3 is 2.21 bits per heavy atom. The topological polar surface area (TPSA) is 101 Å². The number of hydrogen-bond donors (Lipinski definition) is 1. The standard InChI is InChI=1S/C48H50Cl2F6N4O6/c1-58(18-5-8-42(61)57-36-10-12-37(64-2)13-11-36)43(62)29-65-41-26-31-6-3-4-7-38(31)45(41)15-19-59(20-16-45)21-17-46(33-9-14-39(49)40(50)28-33)30-60(22-23-66-46)44(63)32-24-34(47(51,52)53)27-35(25-32)48(54,55)56/h3-4,6-7,9-14,24-25,27-28,41H,5,8,15-23,26,29-30H2,1-2H3,(H,57,61)/t41-,46-/m0/s1. The van der Waals surface area contributed by atoms with Gasteiger partial charge in [-0.15, -0.1) is 0 Å². The van der Waals surface area contributed by atoms with Crippen molar-refractivity contribution in [2.24, 2.45) is 0 Å². The number of anilines is 1. The lowest BCUT2D eigenvalue weighted by molar-refractivity contribution is -0.143. The summed E-state index contributed by atoms with van der Waals surface area (Å²) in [5.41, 5.74) is -1.99. The molecule has 2 aliphatic heterocycles. The van der Waals surface area contributed by atoms with E-state index in [1.807, 2.05) is 12.1 Å². The molecule has 1 N–H and O–H groups in total. The van der Waals surface area contributed by atoms with E-state index in [9.17, 15) is 40.7 Å². The molecule has 3 amide bonds. The molecule has 2 fully saturated rings. The second kappa shape index (κ2) is 20.2. The third-order valence-electron chi connectivity index (χ3n) is 13.0. The summed E-state index contributed by atoms with van der Waals surface area (Å²) in [7, 11) is 3.26. The highest BCUT2D eigenvalue weighted by Crippen LogP contribution is 2.48. The Morgan fingerprint density at radius 1 is 0.879 bits per heavy atom. The number of morpholine rings is 1. The van der Waals surface area contributed by atoms with E-state index in [2.05, 4.69) is 22.3 Å². The molecule has 3 aliphatic rings. The maximum absolute atomic E-state index is 13.9. The van der Waals surface area contributed by atoms with Crippen LogP contribution in [-0.2, 0) is 48.9 Å². The maximum atomic E-state index is 13.9. The minimum absolute atomic E-state index is 0.00565. The first-order valence-electron chi connectivity index (χ1n) is 21.6. The average Bonchev–Trinajstić information content (AvgIpc) is 3.59. The number of carbonyl (C=O) groups is 3. The molecule has 0 bridgehead atoms. The van der Waals surface area contributed by atoms with E-state index in [4.69, 9.17) is 37.4 Å². The number of likely N-dealkylation sites (N-methyl/N-ethyl adjacent to an activating group) is 1. The highest BCUT2D eigenvalue weighted by molar-refractivity contribution is 6.42. The van der Waals surface area contributed by atoms with E-state index in [1.165, 1.54) is 10.5 Å². The number of halogens is 8. The van der Waals surface area contributed by atoms with E-state index < -0.39 is 40.6 Å². The van der Waals surface area contributed by atoms with E-state index in [1.54, 1.807) is 61.5 Å². The number of ether oxygens (including phenoxy) is 3. The van der Waals surface area contributed by atoms with Crippen LogP contribution in [0.4, 0.5) is 32.0 Å². The summed E-state index contributed by atoms with van der Waals surface area (Å²) < 4.78 is 101. The monoisotopic (exact) mass is 962 g/mol. The smallest absolute Gasteiger partial charge is 0.416 e. The number of benzene rings is 4. The van der Waals surface area contributed by atoms with E-state index in [0.29, 0.717) is 87.4 Å². The number of likely N-dealkylation sites (tertiary alicyclic amines) is 1. The molecule has 1 spiro atoms. The Kier molecular flexibility index (Phi) is 15.0. The van der Waals surface area contributed by atoms with Gasteiger partial charge in [-0.2, -0.15) is 26.3 Å². The number of methoxy groups -OCH3 is 1. The molecule has 0 unspecified atom stereocenters. The van der Waals surface area contributed by atoms with Crippen LogP contribution in [0.3, 0.4) is 0 Å². The van der Waals surface area contributed by atoms with Crippen LogP contribution in [0.5, 0.6) is 5.75 Å². The van der Waals surface area contributed by atoms with Gasteiger partial charge in [-0.1, -0.05) is 53.5 Å². The molecule has 66 heavy (non-hydrogen) atoms. The molecule has 2 saturated heterocycles. The summed E-state index contributed by atoms with van der Waals surface area (Å²) in [4.78, 5) is 44.8. The summed E-state index contributed by atoms with van der Waals surface area (Å²) in [6.45, 7) is 1.65. The number of amides is 3. The van der Waals surface area contributed by atoms with Crippen molar-refractivity contribution in [3.63, 3.8) is 0 Å². The van der Waals surface area contributed by atoms with Gasteiger partial charge in [0.2, 0.25) is 11.8 Å². The van der Waals surface area contributed by atoms with E-state index >= 15 is 0 Å². The SMILES string of the molecule is COc1ccc(NC(=O)CCCN(C)C(=O)CO[C@H]2Cc3ccccc3C23CCN(CC[C@@]2(c4ccc(Cl)c(Cl)c4)CN(C(=O)c4cc(C(F)(F)F)cc(C(F)(F)F)c4)CCO2)CC3)cc1. The fourth-order valence-electron chi connectivity index (χ4n) is 9.33. The van der Waals surface area contributed by atoms with Crippen LogP contribution in [-0.4, -0.2) is 105 Å². The second-order valence-electron chi connectivity index (χ2n) is 17.1. The van der Waals surface area contributed by atoms with E-state index in [0.717, 1.165) is 5.56 Å². The third kappa shape index (κ3) is 11.1. The Labute approximate surface area is 389 Å². The zero-order chi connectivity index (χ0) is 47.4. The first-order valence-corrected chi connectivity index (χ1v) is 22.3. The van der Waals surface area contributed by atoms with Crippen molar-refractivity contribution < 1.29 is 54.9 Å². The van der Waals surface area contributed by atoms with Crippen LogP contribution in [0.1, 0.15) is 70.3 Å². The minimum atomic E-state index is -5.12. The van der Waals surface area contributed by atoms with Crippen molar-refractivity contribution in [1.29, 1.82) is 0 Å². The first kappa shape index (κ1) is 49.0. The lowest BCUT2D eigenvalue weighted by Crippen LogP contribution is -2.54. The lowest BCUT2D eigenvalue weighted by atomic mass is 9.72. The number of nitrogens with zero attached hydrogens (tertiary/aromatic N) is 3. The van der Waals surface area contributed by atoms with Gasteiger partial charge in [-0.3, -0.25) is 14.4 Å². The summed E-state index contributed by atoms with van der Waals surface area (Å²) in [6.07, 6.45) is -7.52. The average molecular weight is 964 g/mol. The number of hydrogen-bond acceptors (Lipinski definition) is 7. The van der Waals surface area contributed by atoms with Crippen LogP contribution < -0.4 is 10.1 Å². The highest BCUT2D eigenvalue weighted by Gasteiger charge is 2.50. The normalized spacial score (nSPS) is 19.7. The number of carbonyl (C=O) groups excluding carboxylic acids is 3. The fraction of sp³-hybridized carbons (Fsp3) is 0.438. The Bertz CT molecular complexity index is 2360. The van der Waals surface area contributed by atoms with Gasteiger partial charge in [0.1, 0.15) is 18.0 Å². The van der Waals surface area contributed by atoms with Crippen molar-refractivity contribution in [3.05, 3.63) is 128 Å². The number of rotatable bonds is 14. The number of fused-ring (bicyclic) bond motifs is 2. The molecule has 7 rings (SSSR count). The Balaban J connectivity index is 1.00. The van der Waals surface area contributed by atoms with Crippen LogP contribution in [0.15, 0.2) is 84.9 Å². The van der Waals surface area contributed by atoms with Crippen molar-refractivity contribution in [3.8, 4) is 5.75 Å². The molecule has 354 valence electrons. The molecular formula is C48H50Cl2F6N4O6. The molecule has 4 aromatic rings. The highest BCUT2D eigenvalue weighted by atomic mass is 35.5. The zero-order valence-corrected chi connectivity index (χ0v) is 37.9. The van der Waals surface area contributed by atoms with E-state index in [-0.39, 0.29) is 72.2 Å². The van der Waals surface area contributed by atoms with Crippen LogP contribution in [0.25, 0.3) is 0 Å². The zero-order valence-electron chi connectivity index (χ0n) is 36.4. The van der Waals surface area contributed by atoms with Crippen LogP contribution in [0.2, 0.25) is 10.0 Å². The summed E-state index contributed by atoms with van der Waals surface area (Å²) >= 11 is 12.7. The van der Waals surface area contributed by atoms with Gasteiger partial charge in [0.15, 0.2) is 0 Å². The summed E-state index contributed by atoms with van der Waals surface area (Å²) in [5.74, 6) is -0.681. The van der Waals surface area contributed by atoms with Crippen molar-refractivity contribution in [1.82, 2.24) is 14.7 Å². The number of nitrogens with one attached hydrogen (secondary N) is 1. The fourth-order valence-corrected chi connectivity index (χ4v) is 9.62. The van der Waals surface area contributed by atoms with Crippen LogP contribution in [0, 0.1) is 0 Å². The van der Waals surface area contributed by atoms with Gasteiger partial charge in [-0.25, -0.2) is 0 Å². The molecule has 0 aromatic heterocycles. The van der Waals surface area contributed by atoms with Gasteiger partial charge in [-0.05, 0) is 116 Å². The van der Waals surface area contributed by atoms with Crippen molar-refractivity contribution in [2.45, 2.75) is 68.0 Å². The van der Waals surface area contributed by atoms with Gasteiger partial charge >= 0.3 is 12.4 Å². The predicted octanol–water partition coefficient (Wildman–Crippen LogP) is 9.65. The number of piperidine rings is 1. The molecule has 10 nitrogen and oxygen atoms in total. The lowest BCUT2D eigenvalue weighted by Gasteiger charge is -2.46. The van der Waals surface area contributed by atoms with Crippen LogP contribution >= 0.6 is 23.2 Å². The van der Waals surface area contributed by atoms with Gasteiger partial charge < -0.3 is 34.2 Å². The van der Waals surface area contributed by atoms with Gasteiger partial charge in [0.25, 0.3) is 5.91 Å². The molecule has 2 heterocycles. The third-order valence-corrected chi connectivity index (χ3v) is 13.8. The molecule has 0 saturated carbocycles. The Morgan fingerprint density at radius 2 is 1.56 bits per heavy atom. The quantitative estimate of drug-likeness (QED) is 0.126. The maximum Gasteiger partial charge on any atom is 0.416 e. The van der Waals surface area contributed by atoms with Gasteiger partial charge in [0, 0.05) is 49.8 Å². The molecular weight excluding hydrogens is 913 g/mol.